The maximum Gasteiger partial charge on any atom is 0.266 e. The van der Waals surface area contributed by atoms with Gasteiger partial charge < -0.3 is 14.2 Å². The Labute approximate surface area is 215 Å². The van der Waals surface area contributed by atoms with Gasteiger partial charge in [-0.2, -0.15) is 0 Å². The molecule has 2 aliphatic rings. The van der Waals surface area contributed by atoms with Crippen LogP contribution in [0.25, 0.3) is 16.8 Å². The topological polar surface area (TPSA) is 48.0 Å². The Balaban J connectivity index is 1.30. The highest BCUT2D eigenvalue weighted by atomic mass is 32.2. The van der Waals surface area contributed by atoms with Crippen LogP contribution in [0.1, 0.15) is 30.9 Å². The summed E-state index contributed by atoms with van der Waals surface area (Å²) in [6, 6.07) is 20.3. The third kappa shape index (κ3) is 5.53. The van der Waals surface area contributed by atoms with E-state index in [2.05, 4.69) is 30.3 Å². The van der Waals surface area contributed by atoms with Crippen molar-refractivity contribution in [1.29, 1.82) is 0 Å². The molecule has 0 N–H and O–H groups in total. The minimum atomic E-state index is -0.0647. The van der Waals surface area contributed by atoms with E-state index in [4.69, 9.17) is 26.4 Å². The fraction of sp³-hybridized carbons (Fsp3) is 0.286. The van der Waals surface area contributed by atoms with Gasteiger partial charge in [0, 0.05) is 6.61 Å². The van der Waals surface area contributed by atoms with E-state index < -0.39 is 0 Å². The lowest BCUT2D eigenvalue weighted by atomic mass is 10.1. The van der Waals surface area contributed by atoms with E-state index in [1.54, 1.807) is 4.90 Å². The second kappa shape index (κ2) is 10.8. The van der Waals surface area contributed by atoms with Crippen molar-refractivity contribution in [3.8, 4) is 11.5 Å². The number of hydrogen-bond acceptors (Lipinski definition) is 6. The van der Waals surface area contributed by atoms with Crippen LogP contribution < -0.4 is 9.47 Å². The second-order valence-corrected chi connectivity index (χ2v) is 10.2. The van der Waals surface area contributed by atoms with Crippen LogP contribution in [-0.2, 0) is 16.1 Å². The Hall–Kier alpha value is -2.87. The minimum Gasteiger partial charge on any atom is -0.490 e. The summed E-state index contributed by atoms with van der Waals surface area (Å²) in [7, 11) is 0. The molecule has 0 saturated carbocycles. The van der Waals surface area contributed by atoms with Crippen LogP contribution in [0.3, 0.4) is 0 Å². The summed E-state index contributed by atoms with van der Waals surface area (Å²) in [6.45, 7) is 4.17. The summed E-state index contributed by atoms with van der Waals surface area (Å²) in [5.41, 5.74) is 1.95. The number of rotatable bonds is 8. The third-order valence-electron chi connectivity index (χ3n) is 6.06. The first kappa shape index (κ1) is 23.9. The van der Waals surface area contributed by atoms with E-state index >= 15 is 0 Å². The average Bonchev–Trinajstić information content (AvgIpc) is 3.48. The molecule has 2 aliphatic heterocycles. The summed E-state index contributed by atoms with van der Waals surface area (Å²) in [6.07, 6.45) is 3.93. The monoisotopic (exact) mass is 505 g/mol. The van der Waals surface area contributed by atoms with Gasteiger partial charge in [-0.3, -0.25) is 9.69 Å². The van der Waals surface area contributed by atoms with Gasteiger partial charge in [0.25, 0.3) is 5.91 Å². The normalized spacial score (nSPS) is 19.2. The molecule has 1 amide bonds. The molecule has 2 fully saturated rings. The van der Waals surface area contributed by atoms with Gasteiger partial charge in [0.15, 0.2) is 11.5 Å². The Morgan fingerprint density at radius 2 is 1.94 bits per heavy atom. The first-order valence-corrected chi connectivity index (χ1v) is 13.1. The molecule has 0 bridgehead atoms. The lowest BCUT2D eigenvalue weighted by molar-refractivity contribution is -0.123. The first-order chi connectivity index (χ1) is 17.1. The third-order valence-corrected chi connectivity index (χ3v) is 7.44. The van der Waals surface area contributed by atoms with Crippen molar-refractivity contribution in [3.05, 3.63) is 76.7 Å². The molecule has 1 atom stereocenters. The van der Waals surface area contributed by atoms with Crippen molar-refractivity contribution in [3.63, 3.8) is 0 Å². The Morgan fingerprint density at radius 1 is 1.09 bits per heavy atom. The van der Waals surface area contributed by atoms with Crippen LogP contribution >= 0.6 is 24.0 Å². The molecular weight excluding hydrogens is 478 g/mol. The van der Waals surface area contributed by atoms with Crippen molar-refractivity contribution in [2.45, 2.75) is 32.5 Å². The van der Waals surface area contributed by atoms with Crippen LogP contribution in [0, 0.1) is 0 Å². The zero-order valence-corrected chi connectivity index (χ0v) is 21.2. The fourth-order valence-corrected chi connectivity index (χ4v) is 5.57. The quantitative estimate of drug-likeness (QED) is 0.268. The molecule has 0 spiro atoms. The zero-order chi connectivity index (χ0) is 24.2. The van der Waals surface area contributed by atoms with Crippen LogP contribution in [0.4, 0.5) is 0 Å². The van der Waals surface area contributed by atoms with Gasteiger partial charge in [-0.05, 0) is 65.9 Å². The fourth-order valence-electron chi connectivity index (χ4n) is 4.29. The Bertz CT molecular complexity index is 1280. The molecule has 2 saturated heterocycles. The van der Waals surface area contributed by atoms with Crippen LogP contribution in [-0.4, -0.2) is 41.0 Å². The van der Waals surface area contributed by atoms with Gasteiger partial charge in [-0.15, -0.1) is 0 Å². The van der Waals surface area contributed by atoms with Gasteiger partial charge in [-0.25, -0.2) is 0 Å². The first-order valence-electron chi connectivity index (χ1n) is 11.8. The molecule has 2 heterocycles. The summed E-state index contributed by atoms with van der Waals surface area (Å²) in [4.78, 5) is 15.2. The molecule has 35 heavy (non-hydrogen) atoms. The standard InChI is InChI=1S/C28H27NO4S2/c1-2-31-25-15-19(16-26-27(30)29(28(34)35-26)17-23-8-5-13-32-23)10-12-24(25)33-18-20-9-11-21-6-3-4-7-22(21)14-20/h3-4,6-7,9-12,14-16,23H,2,5,8,13,17-18H2,1H3/b26-16-/t23-/m1/s1. The van der Waals surface area contributed by atoms with E-state index in [1.807, 2.05) is 43.3 Å². The number of thiocarbonyl (C=S) groups is 1. The number of ether oxygens (including phenoxy) is 3. The molecule has 3 aromatic carbocycles. The molecule has 180 valence electrons. The molecule has 5 nitrogen and oxygen atoms in total. The number of fused-ring (bicyclic) bond motifs is 1. The Kier molecular flexibility index (Phi) is 7.37. The van der Waals surface area contributed by atoms with E-state index in [-0.39, 0.29) is 12.0 Å². The summed E-state index contributed by atoms with van der Waals surface area (Å²) < 4.78 is 18.2. The second-order valence-electron chi connectivity index (χ2n) is 8.54. The van der Waals surface area contributed by atoms with Crippen LogP contribution in [0.15, 0.2) is 65.6 Å². The molecule has 7 heteroatoms. The van der Waals surface area contributed by atoms with E-state index in [0.29, 0.717) is 40.5 Å². The van der Waals surface area contributed by atoms with Gasteiger partial charge in [-0.1, -0.05) is 66.4 Å². The van der Waals surface area contributed by atoms with Gasteiger partial charge in [0.1, 0.15) is 10.9 Å². The van der Waals surface area contributed by atoms with Crippen molar-refractivity contribution < 1.29 is 19.0 Å². The highest BCUT2D eigenvalue weighted by Gasteiger charge is 2.34. The van der Waals surface area contributed by atoms with E-state index in [0.717, 1.165) is 30.6 Å². The number of hydrogen-bond donors (Lipinski definition) is 0. The number of carbonyl (C=O) groups excluding carboxylic acids is 1. The molecule has 0 aromatic heterocycles. The van der Waals surface area contributed by atoms with Crippen LogP contribution in [0.2, 0.25) is 0 Å². The molecule has 0 aliphatic carbocycles. The highest BCUT2D eigenvalue weighted by molar-refractivity contribution is 8.26. The molecular formula is C28H27NO4S2. The molecule has 0 unspecified atom stereocenters. The van der Waals surface area contributed by atoms with Crippen LogP contribution in [0.5, 0.6) is 11.5 Å². The predicted molar refractivity (Wildman–Crippen MR) is 145 cm³/mol. The smallest absolute Gasteiger partial charge is 0.266 e. The van der Waals surface area contributed by atoms with Crippen molar-refractivity contribution in [2.75, 3.05) is 19.8 Å². The van der Waals surface area contributed by atoms with Gasteiger partial charge >= 0.3 is 0 Å². The SMILES string of the molecule is CCOc1cc(/C=C2\SC(=S)N(C[C@H]3CCCO3)C2=O)ccc1OCc1ccc2ccccc2c1. The van der Waals surface area contributed by atoms with Crippen molar-refractivity contribution in [1.82, 2.24) is 4.90 Å². The summed E-state index contributed by atoms with van der Waals surface area (Å²) >= 11 is 6.80. The Morgan fingerprint density at radius 3 is 2.74 bits per heavy atom. The molecule has 3 aromatic rings. The maximum absolute atomic E-state index is 13.0. The number of amides is 1. The average molecular weight is 506 g/mol. The lowest BCUT2D eigenvalue weighted by Crippen LogP contribution is -2.35. The number of carbonyl (C=O) groups is 1. The number of thioether (sulfide) groups is 1. The predicted octanol–water partition coefficient (Wildman–Crippen LogP) is 6.20. The number of benzene rings is 3. The van der Waals surface area contributed by atoms with E-state index in [1.165, 1.54) is 22.5 Å². The lowest BCUT2D eigenvalue weighted by Gasteiger charge is -2.18. The van der Waals surface area contributed by atoms with Crippen molar-refractivity contribution >= 4 is 51.1 Å². The summed E-state index contributed by atoms with van der Waals surface area (Å²) in [5, 5.41) is 2.39. The van der Waals surface area contributed by atoms with Gasteiger partial charge in [0.05, 0.1) is 24.2 Å². The maximum atomic E-state index is 13.0. The molecule has 0 radical (unpaired) electrons. The van der Waals surface area contributed by atoms with Crippen molar-refractivity contribution in [2.24, 2.45) is 0 Å². The van der Waals surface area contributed by atoms with E-state index in [9.17, 15) is 4.79 Å². The van der Waals surface area contributed by atoms with Gasteiger partial charge in [0.2, 0.25) is 0 Å². The minimum absolute atomic E-state index is 0.0647. The zero-order valence-electron chi connectivity index (χ0n) is 19.6. The molecule has 5 rings (SSSR count). The highest BCUT2D eigenvalue weighted by Crippen LogP contribution is 2.36. The summed E-state index contributed by atoms with van der Waals surface area (Å²) in [5.74, 6) is 1.25. The number of nitrogens with zero attached hydrogens (tertiary/aromatic N) is 1. The largest absolute Gasteiger partial charge is 0.490 e.